The van der Waals surface area contributed by atoms with Gasteiger partial charge in [-0.05, 0) is 13.3 Å². The Bertz CT molecular complexity index is 540. The highest BCUT2D eigenvalue weighted by Crippen LogP contribution is 2.14. The molecule has 8 heteroatoms. The minimum absolute atomic E-state index is 0.0242. The molecule has 2 aromatic heterocycles. The molecule has 0 aliphatic heterocycles. The SMILES string of the molecule is CCC(NCCC(=O)Nc1nccs1)c1nc(C)no1. The molecule has 0 fully saturated rings. The van der Waals surface area contributed by atoms with E-state index in [2.05, 4.69) is 25.8 Å². The summed E-state index contributed by atoms with van der Waals surface area (Å²) in [4.78, 5) is 19.9. The Morgan fingerprint density at radius 2 is 2.40 bits per heavy atom. The zero-order valence-electron chi connectivity index (χ0n) is 11.4. The summed E-state index contributed by atoms with van der Waals surface area (Å²) >= 11 is 1.40. The Hall–Kier alpha value is -1.80. The second-order valence-electron chi connectivity index (χ2n) is 4.23. The largest absolute Gasteiger partial charge is 0.338 e. The van der Waals surface area contributed by atoms with Crippen molar-refractivity contribution in [3.63, 3.8) is 0 Å². The Morgan fingerprint density at radius 3 is 3.00 bits per heavy atom. The topological polar surface area (TPSA) is 92.9 Å². The Labute approximate surface area is 120 Å². The minimum atomic E-state index is -0.0657. The Balaban J connectivity index is 1.75. The molecule has 0 aliphatic rings. The summed E-state index contributed by atoms with van der Waals surface area (Å²) in [5.41, 5.74) is 0. The van der Waals surface area contributed by atoms with Crippen molar-refractivity contribution in [1.82, 2.24) is 20.4 Å². The zero-order valence-corrected chi connectivity index (χ0v) is 12.2. The molecule has 0 bridgehead atoms. The third-order valence-corrected chi connectivity index (χ3v) is 3.36. The third-order valence-electron chi connectivity index (χ3n) is 2.67. The van der Waals surface area contributed by atoms with Gasteiger partial charge in [0.05, 0.1) is 6.04 Å². The fourth-order valence-corrected chi connectivity index (χ4v) is 2.23. The second kappa shape index (κ2) is 7.11. The van der Waals surface area contributed by atoms with E-state index in [0.717, 1.165) is 6.42 Å². The van der Waals surface area contributed by atoms with Gasteiger partial charge in [0.1, 0.15) is 0 Å². The molecular formula is C12H17N5O2S. The predicted octanol–water partition coefficient (Wildman–Crippen LogP) is 1.90. The van der Waals surface area contributed by atoms with Gasteiger partial charge in [-0.2, -0.15) is 4.98 Å². The quantitative estimate of drug-likeness (QED) is 0.810. The molecule has 20 heavy (non-hydrogen) atoms. The van der Waals surface area contributed by atoms with Crippen molar-refractivity contribution in [3.8, 4) is 0 Å². The average molecular weight is 295 g/mol. The van der Waals surface area contributed by atoms with E-state index in [1.165, 1.54) is 11.3 Å². The lowest BCUT2D eigenvalue weighted by atomic mass is 10.2. The van der Waals surface area contributed by atoms with Crippen molar-refractivity contribution in [2.45, 2.75) is 32.7 Å². The van der Waals surface area contributed by atoms with E-state index in [-0.39, 0.29) is 11.9 Å². The molecule has 2 rings (SSSR count). The summed E-state index contributed by atoms with van der Waals surface area (Å²) in [5.74, 6) is 1.11. The monoisotopic (exact) mass is 295 g/mol. The van der Waals surface area contributed by atoms with Gasteiger partial charge < -0.3 is 15.2 Å². The van der Waals surface area contributed by atoms with E-state index in [1.807, 2.05) is 12.3 Å². The van der Waals surface area contributed by atoms with E-state index >= 15 is 0 Å². The van der Waals surface area contributed by atoms with Crippen LogP contribution in [-0.2, 0) is 4.79 Å². The maximum atomic E-state index is 11.7. The average Bonchev–Trinajstić information content (AvgIpc) is 3.06. The lowest BCUT2D eigenvalue weighted by molar-refractivity contribution is -0.116. The lowest BCUT2D eigenvalue weighted by Gasteiger charge is -2.12. The van der Waals surface area contributed by atoms with Crippen molar-refractivity contribution >= 4 is 22.4 Å². The van der Waals surface area contributed by atoms with Crippen LogP contribution in [0, 0.1) is 6.92 Å². The van der Waals surface area contributed by atoms with Gasteiger partial charge >= 0.3 is 0 Å². The first kappa shape index (κ1) is 14.6. The van der Waals surface area contributed by atoms with Crippen LogP contribution in [0.5, 0.6) is 0 Å². The first-order valence-corrected chi connectivity index (χ1v) is 7.30. The number of thiazole rings is 1. The van der Waals surface area contributed by atoms with Crippen molar-refractivity contribution in [1.29, 1.82) is 0 Å². The molecule has 0 radical (unpaired) electrons. The van der Waals surface area contributed by atoms with Crippen LogP contribution in [0.3, 0.4) is 0 Å². The van der Waals surface area contributed by atoms with Crippen LogP contribution in [0.2, 0.25) is 0 Å². The first-order chi connectivity index (χ1) is 9.69. The summed E-state index contributed by atoms with van der Waals surface area (Å²) in [6.45, 7) is 4.34. The number of nitrogens with one attached hydrogen (secondary N) is 2. The Morgan fingerprint density at radius 1 is 1.55 bits per heavy atom. The van der Waals surface area contributed by atoms with Crippen molar-refractivity contribution in [2.24, 2.45) is 0 Å². The van der Waals surface area contributed by atoms with E-state index in [1.54, 1.807) is 13.1 Å². The zero-order chi connectivity index (χ0) is 14.4. The Kier molecular flexibility index (Phi) is 5.19. The third kappa shape index (κ3) is 4.10. The molecule has 108 valence electrons. The van der Waals surface area contributed by atoms with Crippen molar-refractivity contribution in [3.05, 3.63) is 23.3 Å². The molecule has 7 nitrogen and oxygen atoms in total. The highest BCUT2D eigenvalue weighted by molar-refractivity contribution is 7.13. The molecule has 0 spiro atoms. The van der Waals surface area contributed by atoms with Crippen LogP contribution < -0.4 is 10.6 Å². The molecule has 2 N–H and O–H groups in total. The summed E-state index contributed by atoms with van der Waals surface area (Å²) in [6.07, 6.45) is 2.84. The van der Waals surface area contributed by atoms with Crippen LogP contribution in [0.4, 0.5) is 5.13 Å². The molecule has 1 atom stereocenters. The highest BCUT2D eigenvalue weighted by Gasteiger charge is 2.16. The van der Waals surface area contributed by atoms with Gasteiger partial charge in [0, 0.05) is 24.5 Å². The van der Waals surface area contributed by atoms with Crippen LogP contribution >= 0.6 is 11.3 Å². The number of hydrogen-bond donors (Lipinski definition) is 2. The number of amides is 1. The van der Waals surface area contributed by atoms with Crippen molar-refractivity contribution < 1.29 is 9.32 Å². The minimum Gasteiger partial charge on any atom is -0.338 e. The number of carbonyl (C=O) groups is 1. The first-order valence-electron chi connectivity index (χ1n) is 6.42. The second-order valence-corrected chi connectivity index (χ2v) is 5.12. The van der Waals surface area contributed by atoms with E-state index < -0.39 is 0 Å². The molecule has 2 heterocycles. The van der Waals surface area contributed by atoms with Gasteiger partial charge in [0.15, 0.2) is 11.0 Å². The van der Waals surface area contributed by atoms with Crippen LogP contribution in [0.15, 0.2) is 16.1 Å². The standard InChI is InChI=1S/C12H17N5O2S/c1-3-9(11-15-8(2)17-19-11)13-5-4-10(18)16-12-14-6-7-20-12/h6-7,9,13H,3-5H2,1-2H3,(H,14,16,18). The molecular weight excluding hydrogens is 278 g/mol. The maximum Gasteiger partial charge on any atom is 0.243 e. The van der Waals surface area contributed by atoms with Gasteiger partial charge in [-0.25, -0.2) is 4.98 Å². The number of rotatable bonds is 7. The number of aromatic nitrogens is 3. The predicted molar refractivity (Wildman–Crippen MR) is 75.4 cm³/mol. The van der Waals surface area contributed by atoms with Crippen LogP contribution in [0.1, 0.15) is 37.5 Å². The van der Waals surface area contributed by atoms with Crippen LogP contribution in [-0.4, -0.2) is 27.6 Å². The lowest BCUT2D eigenvalue weighted by Crippen LogP contribution is -2.26. The fraction of sp³-hybridized carbons (Fsp3) is 0.500. The highest BCUT2D eigenvalue weighted by atomic mass is 32.1. The maximum absolute atomic E-state index is 11.7. The van der Waals surface area contributed by atoms with Gasteiger partial charge in [-0.15, -0.1) is 11.3 Å². The smallest absolute Gasteiger partial charge is 0.243 e. The van der Waals surface area contributed by atoms with Gasteiger partial charge in [0.25, 0.3) is 0 Å². The molecule has 0 aliphatic carbocycles. The number of aryl methyl sites for hydroxylation is 1. The number of anilines is 1. The number of hydrogen-bond acceptors (Lipinski definition) is 7. The fourth-order valence-electron chi connectivity index (χ4n) is 1.69. The summed E-state index contributed by atoms with van der Waals surface area (Å²) in [5, 5.41) is 12.2. The molecule has 0 aromatic carbocycles. The van der Waals surface area contributed by atoms with E-state index in [9.17, 15) is 4.79 Å². The number of carbonyl (C=O) groups excluding carboxylic acids is 1. The summed E-state index contributed by atoms with van der Waals surface area (Å²) in [7, 11) is 0. The molecule has 2 aromatic rings. The van der Waals surface area contributed by atoms with Gasteiger partial charge in [-0.3, -0.25) is 4.79 Å². The molecule has 0 saturated heterocycles. The number of nitrogens with zero attached hydrogens (tertiary/aromatic N) is 3. The summed E-state index contributed by atoms with van der Waals surface area (Å²) < 4.78 is 5.13. The van der Waals surface area contributed by atoms with E-state index in [0.29, 0.717) is 29.8 Å². The molecule has 1 amide bonds. The normalized spacial score (nSPS) is 12.3. The molecule has 1 unspecified atom stereocenters. The van der Waals surface area contributed by atoms with E-state index in [4.69, 9.17) is 4.52 Å². The van der Waals surface area contributed by atoms with Gasteiger partial charge in [0.2, 0.25) is 11.8 Å². The van der Waals surface area contributed by atoms with Gasteiger partial charge in [-0.1, -0.05) is 12.1 Å². The van der Waals surface area contributed by atoms with Crippen molar-refractivity contribution in [2.75, 3.05) is 11.9 Å². The summed E-state index contributed by atoms with van der Waals surface area (Å²) in [6, 6.07) is -0.0242. The molecule has 0 saturated carbocycles. The van der Waals surface area contributed by atoms with Crippen LogP contribution in [0.25, 0.3) is 0 Å².